The lowest BCUT2D eigenvalue weighted by molar-refractivity contribution is 0.401. The van der Waals surface area contributed by atoms with Gasteiger partial charge in [-0.05, 0) is 25.7 Å². The Morgan fingerprint density at radius 3 is 2.72 bits per heavy atom. The topological polar surface area (TPSA) is 50.3 Å². The van der Waals surface area contributed by atoms with Crippen LogP contribution >= 0.6 is 0 Å². The van der Waals surface area contributed by atoms with Crippen LogP contribution in [0.1, 0.15) is 26.7 Å². The van der Waals surface area contributed by atoms with E-state index >= 15 is 0 Å². The molecule has 2 rings (SSSR count). The molecule has 1 aliphatic rings. The molecule has 2 heterocycles. The quantitative estimate of drug-likeness (QED) is 0.887. The van der Waals surface area contributed by atoms with Crippen molar-refractivity contribution in [1.29, 1.82) is 0 Å². The van der Waals surface area contributed by atoms with Crippen LogP contribution in [0.3, 0.4) is 0 Å². The molecule has 1 aromatic heterocycles. The van der Waals surface area contributed by atoms with Crippen LogP contribution in [0.2, 0.25) is 0 Å². The maximum Gasteiger partial charge on any atom is 0.204 e. The molecular weight excluding hydrogens is 228 g/mol. The van der Waals surface area contributed by atoms with E-state index in [9.17, 15) is 0 Å². The van der Waals surface area contributed by atoms with Crippen molar-refractivity contribution in [2.24, 2.45) is 5.92 Å². The van der Waals surface area contributed by atoms with Gasteiger partial charge in [-0.15, -0.1) is 0 Å². The first-order valence-electron chi connectivity index (χ1n) is 6.64. The van der Waals surface area contributed by atoms with E-state index in [-0.39, 0.29) is 0 Å². The summed E-state index contributed by atoms with van der Waals surface area (Å²) in [7, 11) is 1.68. The van der Waals surface area contributed by atoms with Crippen LogP contribution in [0, 0.1) is 5.92 Å². The van der Waals surface area contributed by atoms with Gasteiger partial charge in [0, 0.05) is 19.6 Å². The lowest BCUT2D eigenvalue weighted by atomic mass is 9.99. The SMILES string of the molecule is CCNc1ncnc(N2CCC(C)CC2)c1OC. The third-order valence-electron chi connectivity index (χ3n) is 3.42. The third-order valence-corrected chi connectivity index (χ3v) is 3.42. The van der Waals surface area contributed by atoms with E-state index in [0.29, 0.717) is 0 Å². The number of anilines is 2. The number of methoxy groups -OCH3 is 1. The number of hydrogen-bond donors (Lipinski definition) is 1. The number of piperidine rings is 1. The average molecular weight is 250 g/mol. The number of nitrogens with one attached hydrogen (secondary N) is 1. The first-order chi connectivity index (χ1) is 8.76. The van der Waals surface area contributed by atoms with Gasteiger partial charge in [0.05, 0.1) is 7.11 Å². The van der Waals surface area contributed by atoms with Gasteiger partial charge >= 0.3 is 0 Å². The summed E-state index contributed by atoms with van der Waals surface area (Å²) < 4.78 is 5.48. The Balaban J connectivity index is 2.23. The average Bonchev–Trinajstić information content (AvgIpc) is 2.40. The Morgan fingerprint density at radius 2 is 2.11 bits per heavy atom. The van der Waals surface area contributed by atoms with Crippen molar-refractivity contribution in [3.8, 4) is 5.75 Å². The summed E-state index contributed by atoms with van der Waals surface area (Å²) in [6.45, 7) is 7.26. The highest BCUT2D eigenvalue weighted by molar-refractivity contribution is 5.64. The zero-order chi connectivity index (χ0) is 13.0. The fourth-order valence-corrected chi connectivity index (χ4v) is 2.29. The van der Waals surface area contributed by atoms with Crippen LogP contribution in [0.5, 0.6) is 5.75 Å². The van der Waals surface area contributed by atoms with Crippen LogP contribution < -0.4 is 15.0 Å². The highest BCUT2D eigenvalue weighted by atomic mass is 16.5. The van der Waals surface area contributed by atoms with Crippen LogP contribution in [-0.2, 0) is 0 Å². The zero-order valence-corrected chi connectivity index (χ0v) is 11.4. The van der Waals surface area contributed by atoms with E-state index in [2.05, 4.69) is 27.1 Å². The van der Waals surface area contributed by atoms with E-state index in [1.165, 1.54) is 12.8 Å². The van der Waals surface area contributed by atoms with Crippen molar-refractivity contribution in [1.82, 2.24) is 9.97 Å². The largest absolute Gasteiger partial charge is 0.490 e. The molecule has 5 heteroatoms. The molecule has 18 heavy (non-hydrogen) atoms. The molecule has 0 atom stereocenters. The first-order valence-corrected chi connectivity index (χ1v) is 6.64. The van der Waals surface area contributed by atoms with Crippen molar-refractivity contribution in [2.75, 3.05) is 37.0 Å². The summed E-state index contributed by atoms with van der Waals surface area (Å²) in [5.41, 5.74) is 0. The van der Waals surface area contributed by atoms with Gasteiger partial charge in [0.15, 0.2) is 11.6 Å². The molecule has 0 unspecified atom stereocenters. The maximum atomic E-state index is 5.48. The molecule has 0 saturated carbocycles. The molecule has 0 aliphatic carbocycles. The van der Waals surface area contributed by atoms with Gasteiger partial charge in [0.1, 0.15) is 6.33 Å². The second-order valence-electron chi connectivity index (χ2n) is 4.78. The van der Waals surface area contributed by atoms with Crippen molar-refractivity contribution in [3.05, 3.63) is 6.33 Å². The minimum atomic E-state index is 0.758. The molecule has 0 aromatic carbocycles. The van der Waals surface area contributed by atoms with Crippen molar-refractivity contribution in [2.45, 2.75) is 26.7 Å². The first kappa shape index (κ1) is 12.9. The molecule has 1 aliphatic heterocycles. The fourth-order valence-electron chi connectivity index (χ4n) is 2.29. The molecular formula is C13H22N4O. The minimum absolute atomic E-state index is 0.758. The normalized spacial score (nSPS) is 16.7. The van der Waals surface area contributed by atoms with Gasteiger partial charge < -0.3 is 15.0 Å². The molecule has 1 fully saturated rings. The van der Waals surface area contributed by atoms with E-state index in [0.717, 1.165) is 42.9 Å². The predicted molar refractivity (Wildman–Crippen MR) is 73.4 cm³/mol. The van der Waals surface area contributed by atoms with Gasteiger partial charge in [-0.1, -0.05) is 6.92 Å². The predicted octanol–water partition coefficient (Wildman–Crippen LogP) is 2.15. The number of rotatable bonds is 4. The molecule has 1 aromatic rings. The minimum Gasteiger partial charge on any atom is -0.490 e. The van der Waals surface area contributed by atoms with Crippen LogP contribution in [0.4, 0.5) is 11.6 Å². The summed E-state index contributed by atoms with van der Waals surface area (Å²) in [5.74, 6) is 3.26. The Kier molecular flexibility index (Phi) is 4.23. The van der Waals surface area contributed by atoms with Gasteiger partial charge in [-0.3, -0.25) is 0 Å². The Morgan fingerprint density at radius 1 is 1.39 bits per heavy atom. The monoisotopic (exact) mass is 250 g/mol. The highest BCUT2D eigenvalue weighted by Crippen LogP contribution is 2.33. The van der Waals surface area contributed by atoms with Crippen molar-refractivity contribution >= 4 is 11.6 Å². The molecule has 0 radical (unpaired) electrons. The lowest BCUT2D eigenvalue weighted by Gasteiger charge is -2.32. The second-order valence-corrected chi connectivity index (χ2v) is 4.78. The number of aromatic nitrogens is 2. The fraction of sp³-hybridized carbons (Fsp3) is 0.692. The Bertz CT molecular complexity index is 389. The zero-order valence-electron chi connectivity index (χ0n) is 11.4. The third kappa shape index (κ3) is 2.66. The molecule has 1 N–H and O–H groups in total. The summed E-state index contributed by atoms with van der Waals surface area (Å²) in [5, 5.41) is 3.21. The standard InChI is InChI=1S/C13H22N4O/c1-4-14-12-11(18-3)13(16-9-15-12)17-7-5-10(2)6-8-17/h9-10H,4-8H2,1-3H3,(H,14,15,16). The smallest absolute Gasteiger partial charge is 0.204 e. The summed E-state index contributed by atoms with van der Waals surface area (Å²) in [6, 6.07) is 0. The molecule has 100 valence electrons. The molecule has 0 spiro atoms. The summed E-state index contributed by atoms with van der Waals surface area (Å²) in [4.78, 5) is 10.9. The number of ether oxygens (including phenoxy) is 1. The summed E-state index contributed by atoms with van der Waals surface area (Å²) >= 11 is 0. The lowest BCUT2D eigenvalue weighted by Crippen LogP contribution is -2.33. The van der Waals surface area contributed by atoms with Crippen LogP contribution in [0.25, 0.3) is 0 Å². The highest BCUT2D eigenvalue weighted by Gasteiger charge is 2.22. The molecule has 0 bridgehead atoms. The summed E-state index contributed by atoms with van der Waals surface area (Å²) in [6.07, 6.45) is 4.03. The van der Waals surface area contributed by atoms with E-state index in [1.54, 1.807) is 13.4 Å². The van der Waals surface area contributed by atoms with Crippen LogP contribution in [-0.4, -0.2) is 36.7 Å². The van der Waals surface area contributed by atoms with Gasteiger partial charge in [-0.2, -0.15) is 0 Å². The maximum absolute atomic E-state index is 5.48. The Labute approximate surface area is 109 Å². The molecule has 0 amide bonds. The van der Waals surface area contributed by atoms with Crippen molar-refractivity contribution in [3.63, 3.8) is 0 Å². The Hall–Kier alpha value is -1.52. The number of hydrogen-bond acceptors (Lipinski definition) is 5. The van der Waals surface area contributed by atoms with Gasteiger partial charge in [0.25, 0.3) is 0 Å². The number of nitrogens with zero attached hydrogens (tertiary/aromatic N) is 3. The molecule has 1 saturated heterocycles. The van der Waals surface area contributed by atoms with Gasteiger partial charge in [-0.25, -0.2) is 9.97 Å². The van der Waals surface area contributed by atoms with E-state index in [4.69, 9.17) is 4.74 Å². The van der Waals surface area contributed by atoms with Crippen molar-refractivity contribution < 1.29 is 4.74 Å². The van der Waals surface area contributed by atoms with E-state index < -0.39 is 0 Å². The van der Waals surface area contributed by atoms with Crippen LogP contribution in [0.15, 0.2) is 6.33 Å². The second kappa shape index (κ2) is 5.89. The van der Waals surface area contributed by atoms with Gasteiger partial charge in [0.2, 0.25) is 5.75 Å². The molecule has 5 nitrogen and oxygen atoms in total. The van der Waals surface area contributed by atoms with E-state index in [1.807, 2.05) is 6.92 Å².